The highest BCUT2D eigenvalue weighted by atomic mass is 32.2. The van der Waals surface area contributed by atoms with Gasteiger partial charge in [0, 0.05) is 26.7 Å². The number of nitrogens with zero attached hydrogens (tertiary/aromatic N) is 5. The normalized spacial score (nSPS) is 15.1. The quantitative estimate of drug-likeness (QED) is 0.488. The molecule has 0 radical (unpaired) electrons. The van der Waals surface area contributed by atoms with Crippen LogP contribution in [0, 0.1) is 5.82 Å². The zero-order valence-corrected chi connectivity index (χ0v) is 21.5. The summed E-state index contributed by atoms with van der Waals surface area (Å²) in [5.74, 6) is -1.32. The van der Waals surface area contributed by atoms with Crippen LogP contribution in [0.1, 0.15) is 54.5 Å². The Morgan fingerprint density at radius 2 is 1.86 bits per heavy atom. The van der Waals surface area contributed by atoms with Crippen LogP contribution in [0.4, 0.5) is 4.39 Å². The SMILES string of the molecule is CCCCN(C(C)c1nn(Cc2ccc(F)cc2)c(=O)c2c(O)c3n(c12)CCN(C)C3=O)S(C)(=O)=O. The zero-order valence-electron chi connectivity index (χ0n) is 20.7. The summed E-state index contributed by atoms with van der Waals surface area (Å²) in [6.07, 6.45) is 2.51. The molecule has 12 heteroatoms. The van der Waals surface area contributed by atoms with Crippen LogP contribution in [-0.2, 0) is 23.1 Å². The average Bonchev–Trinajstić information content (AvgIpc) is 3.12. The molecule has 1 amide bonds. The molecule has 2 aromatic heterocycles. The lowest BCUT2D eigenvalue weighted by Crippen LogP contribution is -2.38. The van der Waals surface area contributed by atoms with E-state index in [-0.39, 0.29) is 35.4 Å². The maximum atomic E-state index is 13.5. The van der Waals surface area contributed by atoms with E-state index in [0.29, 0.717) is 25.1 Å². The van der Waals surface area contributed by atoms with Crippen molar-refractivity contribution in [2.75, 3.05) is 26.4 Å². The second kappa shape index (κ2) is 9.66. The minimum Gasteiger partial charge on any atom is -0.505 e. The molecule has 1 aliphatic heterocycles. The Morgan fingerprint density at radius 3 is 2.47 bits per heavy atom. The summed E-state index contributed by atoms with van der Waals surface area (Å²) in [7, 11) is -2.05. The van der Waals surface area contributed by atoms with E-state index in [1.807, 2.05) is 6.92 Å². The number of rotatable bonds is 8. The number of likely N-dealkylation sites (N-methyl/N-ethyl adjacent to an activating group) is 1. The van der Waals surface area contributed by atoms with Gasteiger partial charge in [-0.25, -0.2) is 17.5 Å². The molecule has 4 rings (SSSR count). The molecule has 3 heterocycles. The van der Waals surface area contributed by atoms with Gasteiger partial charge in [0.05, 0.1) is 24.4 Å². The number of unbranched alkanes of at least 4 members (excludes halogenated alkanes) is 1. The molecule has 0 aliphatic carbocycles. The number of hydrogen-bond acceptors (Lipinski definition) is 6. The number of amides is 1. The summed E-state index contributed by atoms with van der Waals surface area (Å²) in [5.41, 5.74) is 0.452. The Kier molecular flexibility index (Phi) is 6.93. The van der Waals surface area contributed by atoms with Crippen molar-refractivity contribution in [2.24, 2.45) is 0 Å². The molecule has 0 saturated carbocycles. The van der Waals surface area contributed by atoms with Gasteiger partial charge in [-0.1, -0.05) is 25.5 Å². The van der Waals surface area contributed by atoms with Crippen LogP contribution in [0.5, 0.6) is 5.75 Å². The number of benzene rings is 1. The second-order valence-electron chi connectivity index (χ2n) is 9.18. The summed E-state index contributed by atoms with van der Waals surface area (Å²) in [5, 5.41) is 15.6. The van der Waals surface area contributed by atoms with Crippen molar-refractivity contribution in [3.05, 3.63) is 57.4 Å². The van der Waals surface area contributed by atoms with E-state index >= 15 is 0 Å². The molecule has 10 nitrogen and oxygen atoms in total. The van der Waals surface area contributed by atoms with Gasteiger partial charge in [-0.05, 0) is 31.0 Å². The Labute approximate surface area is 208 Å². The smallest absolute Gasteiger partial charge is 0.280 e. The van der Waals surface area contributed by atoms with Crippen molar-refractivity contribution >= 4 is 26.8 Å². The third-order valence-corrected chi connectivity index (χ3v) is 7.95. The topological polar surface area (TPSA) is 118 Å². The first-order valence-electron chi connectivity index (χ1n) is 11.8. The number of aromatic hydroxyl groups is 1. The van der Waals surface area contributed by atoms with E-state index in [1.165, 1.54) is 33.5 Å². The minimum absolute atomic E-state index is 0.0231. The van der Waals surface area contributed by atoms with Gasteiger partial charge in [-0.3, -0.25) is 9.59 Å². The highest BCUT2D eigenvalue weighted by Gasteiger charge is 2.35. The monoisotopic (exact) mass is 519 g/mol. The number of aromatic nitrogens is 3. The third kappa shape index (κ3) is 4.50. The maximum Gasteiger partial charge on any atom is 0.280 e. The molecule has 1 N–H and O–H groups in total. The molecule has 1 aromatic carbocycles. The Bertz CT molecular complexity index is 1480. The van der Waals surface area contributed by atoms with Crippen LogP contribution in [0.3, 0.4) is 0 Å². The number of carbonyl (C=O) groups excluding carboxylic acids is 1. The van der Waals surface area contributed by atoms with Crippen molar-refractivity contribution in [1.29, 1.82) is 0 Å². The van der Waals surface area contributed by atoms with Crippen molar-refractivity contribution in [2.45, 2.75) is 45.8 Å². The van der Waals surface area contributed by atoms with Crippen LogP contribution < -0.4 is 5.56 Å². The van der Waals surface area contributed by atoms with Crippen molar-refractivity contribution in [3.8, 4) is 5.75 Å². The molecule has 3 aromatic rings. The molecule has 194 valence electrons. The first kappa shape index (κ1) is 25.8. The van der Waals surface area contributed by atoms with E-state index < -0.39 is 39.1 Å². The lowest BCUT2D eigenvalue weighted by Gasteiger charge is -2.29. The van der Waals surface area contributed by atoms with E-state index in [2.05, 4.69) is 5.10 Å². The third-order valence-electron chi connectivity index (χ3n) is 6.60. The van der Waals surface area contributed by atoms with Crippen LogP contribution in [0.25, 0.3) is 10.9 Å². The van der Waals surface area contributed by atoms with Crippen molar-refractivity contribution in [3.63, 3.8) is 0 Å². The predicted molar refractivity (Wildman–Crippen MR) is 133 cm³/mol. The highest BCUT2D eigenvalue weighted by molar-refractivity contribution is 7.88. The first-order valence-corrected chi connectivity index (χ1v) is 13.6. The number of fused-ring (bicyclic) bond motifs is 3. The first-order chi connectivity index (χ1) is 17.0. The van der Waals surface area contributed by atoms with Gasteiger partial charge in [0.1, 0.15) is 16.9 Å². The summed E-state index contributed by atoms with van der Waals surface area (Å²) in [4.78, 5) is 27.9. The minimum atomic E-state index is -3.66. The number of sulfonamides is 1. The molecule has 0 spiro atoms. The van der Waals surface area contributed by atoms with Gasteiger partial charge in [-0.15, -0.1) is 0 Å². The van der Waals surface area contributed by atoms with Crippen molar-refractivity contribution in [1.82, 2.24) is 23.6 Å². The van der Waals surface area contributed by atoms with Crippen LogP contribution in [0.15, 0.2) is 29.1 Å². The standard InChI is InChI=1S/C24H30FN5O5S/c1-5-6-11-30(36(4,34)35)15(2)19-20-18(22(31)21-24(33)27(3)12-13-28(20)21)23(32)29(26-19)14-16-7-9-17(25)10-8-16/h7-10,15,31H,5-6,11-14H2,1-4H3. The lowest BCUT2D eigenvalue weighted by atomic mass is 10.1. The highest BCUT2D eigenvalue weighted by Crippen LogP contribution is 2.37. The number of hydrogen-bond donors (Lipinski definition) is 1. The van der Waals surface area contributed by atoms with E-state index in [0.717, 1.165) is 17.4 Å². The molecule has 1 unspecified atom stereocenters. The summed E-state index contributed by atoms with van der Waals surface area (Å²) >= 11 is 0. The van der Waals surface area contributed by atoms with Gasteiger partial charge in [0.25, 0.3) is 11.5 Å². The fourth-order valence-corrected chi connectivity index (χ4v) is 5.78. The summed E-state index contributed by atoms with van der Waals surface area (Å²) in [6.45, 7) is 4.51. The van der Waals surface area contributed by atoms with Crippen LogP contribution in [0.2, 0.25) is 0 Å². The van der Waals surface area contributed by atoms with Crippen LogP contribution in [-0.4, -0.2) is 69.4 Å². The maximum absolute atomic E-state index is 13.5. The van der Waals surface area contributed by atoms with Gasteiger partial charge >= 0.3 is 0 Å². The lowest BCUT2D eigenvalue weighted by molar-refractivity contribution is 0.0747. The fraction of sp³-hybridized carbons (Fsp3) is 0.458. The Hall–Kier alpha value is -3.25. The largest absolute Gasteiger partial charge is 0.505 e. The van der Waals surface area contributed by atoms with Gasteiger partial charge in [-0.2, -0.15) is 9.40 Å². The number of carbonyl (C=O) groups is 1. The number of halogens is 1. The van der Waals surface area contributed by atoms with E-state index in [4.69, 9.17) is 0 Å². The molecule has 36 heavy (non-hydrogen) atoms. The van der Waals surface area contributed by atoms with Gasteiger partial charge in [0.2, 0.25) is 10.0 Å². The Balaban J connectivity index is 2.00. The average molecular weight is 520 g/mol. The summed E-state index contributed by atoms with van der Waals surface area (Å²) < 4.78 is 42.9. The molecule has 0 fully saturated rings. The van der Waals surface area contributed by atoms with E-state index in [1.54, 1.807) is 18.5 Å². The molecule has 0 bridgehead atoms. The summed E-state index contributed by atoms with van der Waals surface area (Å²) in [6, 6.07) is 4.78. The molecule has 0 saturated heterocycles. The molecular formula is C24H30FN5O5S. The van der Waals surface area contributed by atoms with Crippen LogP contribution >= 0.6 is 0 Å². The zero-order chi connectivity index (χ0) is 26.4. The molecular weight excluding hydrogens is 489 g/mol. The fourth-order valence-electron chi connectivity index (χ4n) is 4.65. The molecule has 1 aliphatic rings. The molecule has 1 atom stereocenters. The predicted octanol–water partition coefficient (Wildman–Crippen LogP) is 2.30. The van der Waals surface area contributed by atoms with Gasteiger partial charge < -0.3 is 14.6 Å². The van der Waals surface area contributed by atoms with Gasteiger partial charge in [0.15, 0.2) is 11.4 Å². The van der Waals surface area contributed by atoms with Crippen molar-refractivity contribution < 1.29 is 22.7 Å². The second-order valence-corrected chi connectivity index (χ2v) is 11.1. The van der Waals surface area contributed by atoms with E-state index in [9.17, 15) is 27.5 Å². The Morgan fingerprint density at radius 1 is 1.19 bits per heavy atom.